The maximum absolute atomic E-state index is 5.39. The molecule has 1 N–H and O–H groups in total. The number of rotatable bonds is 7. The molecule has 1 unspecified atom stereocenters. The number of nitrogens with zero attached hydrogens (tertiary/aromatic N) is 1. The highest BCUT2D eigenvalue weighted by Crippen LogP contribution is 2.17. The fourth-order valence-corrected chi connectivity index (χ4v) is 2.20. The van der Waals surface area contributed by atoms with Crippen LogP contribution in [0.2, 0.25) is 0 Å². The molecule has 1 atom stereocenters. The van der Waals surface area contributed by atoms with Gasteiger partial charge in [0.15, 0.2) is 0 Å². The maximum atomic E-state index is 5.39. The van der Waals surface area contributed by atoms with Crippen LogP contribution in [0.25, 0.3) is 0 Å². The maximum Gasteiger partial charge on any atom is 0.0601 e. The lowest BCUT2D eigenvalue weighted by Crippen LogP contribution is -2.38. The molecule has 0 aliphatic heterocycles. The molecule has 0 fully saturated rings. The van der Waals surface area contributed by atoms with Crippen LogP contribution in [0, 0.1) is 12.3 Å². The van der Waals surface area contributed by atoms with Crippen molar-refractivity contribution >= 4 is 0 Å². The van der Waals surface area contributed by atoms with Gasteiger partial charge in [-0.05, 0) is 44.4 Å². The summed E-state index contributed by atoms with van der Waals surface area (Å²) in [6.45, 7) is 14.6. The average molecular weight is 286 g/mol. The molecule has 2 heteroatoms. The molecule has 1 aromatic rings. The highest BCUT2D eigenvalue weighted by Gasteiger charge is 2.12. The first kappa shape index (κ1) is 17.8. The van der Waals surface area contributed by atoms with E-state index >= 15 is 0 Å². The Kier molecular flexibility index (Phi) is 6.95. The van der Waals surface area contributed by atoms with Crippen molar-refractivity contribution < 1.29 is 0 Å². The van der Waals surface area contributed by atoms with E-state index in [2.05, 4.69) is 75.0 Å². The van der Waals surface area contributed by atoms with Gasteiger partial charge in [-0.3, -0.25) is 4.90 Å². The van der Waals surface area contributed by atoms with E-state index in [1.165, 1.54) is 11.1 Å². The Hall–Kier alpha value is -1.30. The van der Waals surface area contributed by atoms with Crippen molar-refractivity contribution in [2.45, 2.75) is 52.6 Å². The summed E-state index contributed by atoms with van der Waals surface area (Å²) in [6.07, 6.45) is 5.39. The molecular weight excluding hydrogens is 256 g/mol. The topological polar surface area (TPSA) is 15.3 Å². The van der Waals surface area contributed by atoms with E-state index in [-0.39, 0.29) is 5.54 Å². The van der Waals surface area contributed by atoms with Crippen LogP contribution in [0.4, 0.5) is 0 Å². The molecule has 0 heterocycles. The van der Waals surface area contributed by atoms with Crippen molar-refractivity contribution in [3.05, 3.63) is 35.4 Å². The molecule has 21 heavy (non-hydrogen) atoms. The molecule has 0 spiro atoms. The van der Waals surface area contributed by atoms with Gasteiger partial charge in [0, 0.05) is 18.6 Å². The van der Waals surface area contributed by atoms with E-state index in [0.717, 1.165) is 19.6 Å². The van der Waals surface area contributed by atoms with Crippen molar-refractivity contribution in [2.24, 2.45) is 0 Å². The summed E-state index contributed by atoms with van der Waals surface area (Å²) in [5.41, 5.74) is 2.88. The van der Waals surface area contributed by atoms with Gasteiger partial charge >= 0.3 is 0 Å². The number of hydrogen-bond donors (Lipinski definition) is 1. The quantitative estimate of drug-likeness (QED) is 0.770. The lowest BCUT2D eigenvalue weighted by Gasteiger charge is -2.24. The van der Waals surface area contributed by atoms with Crippen LogP contribution >= 0.6 is 0 Å². The predicted octanol–water partition coefficient (Wildman–Crippen LogP) is 3.63. The fraction of sp³-hybridized carbons (Fsp3) is 0.579. The smallest absolute Gasteiger partial charge is 0.0601 e. The van der Waals surface area contributed by atoms with Crippen LogP contribution in [0.3, 0.4) is 0 Å². The Balaban J connectivity index is 2.59. The summed E-state index contributed by atoms with van der Waals surface area (Å²) in [5.74, 6) is 3.24. The number of nitrogens with one attached hydrogen (secondary N) is 1. The first-order valence-corrected chi connectivity index (χ1v) is 7.85. The standard InChI is InChI=1S/C19H30N2/c1-7-13-21(8-2)15-17-9-11-18(12-10-17)16(3)14-20-19(4,5)6/h1,9-12,16,20H,8,13-15H2,2-6H3. The van der Waals surface area contributed by atoms with Crippen LogP contribution < -0.4 is 5.32 Å². The van der Waals surface area contributed by atoms with Crippen LogP contribution in [0.1, 0.15) is 51.7 Å². The molecule has 0 bridgehead atoms. The van der Waals surface area contributed by atoms with Gasteiger partial charge in [-0.15, -0.1) is 6.42 Å². The number of terminal acetylenes is 1. The molecule has 0 aliphatic carbocycles. The van der Waals surface area contributed by atoms with Gasteiger partial charge in [-0.1, -0.05) is 44.0 Å². The second kappa shape index (κ2) is 8.22. The molecule has 0 aromatic heterocycles. The van der Waals surface area contributed by atoms with Crippen LogP contribution in [0.15, 0.2) is 24.3 Å². The Morgan fingerprint density at radius 2 is 1.86 bits per heavy atom. The zero-order valence-corrected chi connectivity index (χ0v) is 14.2. The van der Waals surface area contributed by atoms with Crippen molar-refractivity contribution in [3.8, 4) is 12.3 Å². The van der Waals surface area contributed by atoms with Gasteiger partial charge in [0.25, 0.3) is 0 Å². The Bertz CT molecular complexity index is 448. The normalized spacial score (nSPS) is 13.2. The zero-order valence-electron chi connectivity index (χ0n) is 14.2. The van der Waals surface area contributed by atoms with Gasteiger partial charge in [0.05, 0.1) is 6.54 Å². The minimum absolute atomic E-state index is 0.172. The molecule has 0 saturated carbocycles. The van der Waals surface area contributed by atoms with Gasteiger partial charge in [0.1, 0.15) is 0 Å². The first-order chi connectivity index (χ1) is 9.85. The van der Waals surface area contributed by atoms with Gasteiger partial charge < -0.3 is 5.32 Å². The Morgan fingerprint density at radius 3 is 2.33 bits per heavy atom. The first-order valence-electron chi connectivity index (χ1n) is 7.85. The van der Waals surface area contributed by atoms with Crippen LogP contribution in [0.5, 0.6) is 0 Å². The van der Waals surface area contributed by atoms with Gasteiger partial charge in [-0.25, -0.2) is 0 Å². The summed E-state index contributed by atoms with van der Waals surface area (Å²) in [7, 11) is 0. The summed E-state index contributed by atoms with van der Waals surface area (Å²) < 4.78 is 0. The number of hydrogen-bond acceptors (Lipinski definition) is 2. The van der Waals surface area contributed by atoms with Crippen molar-refractivity contribution in [1.29, 1.82) is 0 Å². The van der Waals surface area contributed by atoms with Crippen molar-refractivity contribution in [1.82, 2.24) is 10.2 Å². The second-order valence-electron chi connectivity index (χ2n) is 6.78. The average Bonchev–Trinajstić information content (AvgIpc) is 2.44. The van der Waals surface area contributed by atoms with Crippen LogP contribution in [-0.4, -0.2) is 30.1 Å². The molecule has 0 radical (unpaired) electrons. The molecular formula is C19H30N2. The molecule has 0 saturated heterocycles. The number of benzene rings is 1. The lowest BCUT2D eigenvalue weighted by molar-refractivity contribution is 0.316. The van der Waals surface area contributed by atoms with Crippen molar-refractivity contribution in [2.75, 3.05) is 19.6 Å². The molecule has 116 valence electrons. The van der Waals surface area contributed by atoms with E-state index in [1.807, 2.05) is 0 Å². The Morgan fingerprint density at radius 1 is 1.24 bits per heavy atom. The monoisotopic (exact) mass is 286 g/mol. The third-order valence-electron chi connectivity index (χ3n) is 3.66. The highest BCUT2D eigenvalue weighted by molar-refractivity contribution is 5.25. The minimum Gasteiger partial charge on any atom is -0.311 e. The van der Waals surface area contributed by atoms with Gasteiger partial charge in [-0.2, -0.15) is 0 Å². The van der Waals surface area contributed by atoms with E-state index in [1.54, 1.807) is 0 Å². The lowest BCUT2D eigenvalue weighted by atomic mass is 9.98. The third-order valence-corrected chi connectivity index (χ3v) is 3.66. The summed E-state index contributed by atoms with van der Waals surface area (Å²) >= 11 is 0. The van der Waals surface area contributed by atoms with E-state index in [9.17, 15) is 0 Å². The molecule has 2 nitrogen and oxygen atoms in total. The summed E-state index contributed by atoms with van der Waals surface area (Å²) in [6, 6.07) is 8.94. The van der Waals surface area contributed by atoms with Gasteiger partial charge in [0.2, 0.25) is 0 Å². The largest absolute Gasteiger partial charge is 0.311 e. The van der Waals surface area contributed by atoms with Crippen LogP contribution in [-0.2, 0) is 6.54 Å². The summed E-state index contributed by atoms with van der Waals surface area (Å²) in [4.78, 5) is 2.26. The SMILES string of the molecule is C#CCN(CC)Cc1ccc(C(C)CNC(C)(C)C)cc1. The van der Waals surface area contributed by atoms with E-state index in [0.29, 0.717) is 12.5 Å². The zero-order chi connectivity index (χ0) is 15.9. The van der Waals surface area contributed by atoms with Crippen molar-refractivity contribution in [3.63, 3.8) is 0 Å². The fourth-order valence-electron chi connectivity index (χ4n) is 2.20. The minimum atomic E-state index is 0.172. The van der Waals surface area contributed by atoms with E-state index < -0.39 is 0 Å². The molecule has 1 rings (SSSR count). The summed E-state index contributed by atoms with van der Waals surface area (Å²) in [5, 5.41) is 3.56. The highest BCUT2D eigenvalue weighted by atomic mass is 15.1. The third kappa shape index (κ3) is 6.80. The van der Waals surface area contributed by atoms with E-state index in [4.69, 9.17) is 6.42 Å². The predicted molar refractivity (Wildman–Crippen MR) is 92.4 cm³/mol. The Labute approximate surface area is 130 Å². The molecule has 1 aromatic carbocycles. The second-order valence-corrected chi connectivity index (χ2v) is 6.78. The molecule has 0 aliphatic rings. The molecule has 0 amide bonds.